The zero-order valence-corrected chi connectivity index (χ0v) is 11.9. The molecule has 0 saturated carbocycles. The van der Waals surface area contributed by atoms with Gasteiger partial charge in [0.1, 0.15) is 12.2 Å². The van der Waals surface area contributed by atoms with E-state index < -0.39 is 0 Å². The minimum absolute atomic E-state index is 0.0243. The summed E-state index contributed by atoms with van der Waals surface area (Å²) in [5.74, 6) is 5.25. The van der Waals surface area contributed by atoms with Crippen LogP contribution in [0, 0.1) is 11.8 Å². The van der Waals surface area contributed by atoms with E-state index in [9.17, 15) is 9.59 Å². The van der Waals surface area contributed by atoms with Crippen molar-refractivity contribution in [2.45, 2.75) is 6.42 Å². The van der Waals surface area contributed by atoms with Gasteiger partial charge in [0.2, 0.25) is 5.91 Å². The predicted molar refractivity (Wildman–Crippen MR) is 76.4 cm³/mol. The van der Waals surface area contributed by atoms with Crippen LogP contribution in [0.5, 0.6) is 0 Å². The fourth-order valence-electron chi connectivity index (χ4n) is 1.97. The molecule has 1 aliphatic rings. The van der Waals surface area contributed by atoms with Crippen molar-refractivity contribution in [2.75, 3.05) is 33.3 Å². The average molecular weight is 287 g/mol. The quantitative estimate of drug-likeness (QED) is 0.760. The van der Waals surface area contributed by atoms with Gasteiger partial charge < -0.3 is 14.9 Å². The van der Waals surface area contributed by atoms with Crippen molar-refractivity contribution < 1.29 is 14.7 Å². The molecular formula is C15H17N3O3. The molecule has 6 heteroatoms. The Bertz CT molecular complexity index is 604. The highest BCUT2D eigenvalue weighted by molar-refractivity contribution is 5.97. The molecule has 1 fully saturated rings. The minimum Gasteiger partial charge on any atom is -0.395 e. The van der Waals surface area contributed by atoms with E-state index in [0.717, 1.165) is 0 Å². The van der Waals surface area contributed by atoms with Crippen molar-refractivity contribution in [1.29, 1.82) is 0 Å². The topological polar surface area (TPSA) is 73.7 Å². The van der Waals surface area contributed by atoms with Gasteiger partial charge in [-0.15, -0.1) is 0 Å². The average Bonchev–Trinajstić information content (AvgIpc) is 2.50. The van der Waals surface area contributed by atoms with Gasteiger partial charge in [0.05, 0.1) is 12.2 Å². The van der Waals surface area contributed by atoms with E-state index in [1.165, 1.54) is 11.1 Å². The summed E-state index contributed by atoms with van der Waals surface area (Å²) < 4.78 is 0. The van der Waals surface area contributed by atoms with Crippen LogP contribution in [-0.2, 0) is 4.79 Å². The van der Waals surface area contributed by atoms with E-state index in [0.29, 0.717) is 25.1 Å². The molecule has 0 spiro atoms. The van der Waals surface area contributed by atoms with E-state index in [2.05, 4.69) is 16.8 Å². The Hall–Kier alpha value is -2.39. The van der Waals surface area contributed by atoms with Crippen LogP contribution in [0.2, 0.25) is 0 Å². The number of aromatic nitrogens is 1. The Kier molecular flexibility index (Phi) is 4.90. The fourth-order valence-corrected chi connectivity index (χ4v) is 1.97. The van der Waals surface area contributed by atoms with Crippen molar-refractivity contribution in [3.05, 3.63) is 29.6 Å². The minimum atomic E-state index is -0.287. The first-order valence-electron chi connectivity index (χ1n) is 6.71. The summed E-state index contributed by atoms with van der Waals surface area (Å²) in [6.45, 7) is 1.04. The Morgan fingerprint density at radius 2 is 2.29 bits per heavy atom. The van der Waals surface area contributed by atoms with E-state index in [1.54, 1.807) is 24.1 Å². The molecule has 1 aromatic heterocycles. The number of likely N-dealkylation sites (N-methyl/N-ethyl adjacent to an activating group) is 1. The van der Waals surface area contributed by atoms with Gasteiger partial charge in [-0.05, 0) is 12.1 Å². The Morgan fingerprint density at radius 1 is 1.48 bits per heavy atom. The normalized spacial score (nSPS) is 14.7. The molecule has 1 saturated heterocycles. The number of hydrogen-bond donors (Lipinski definition) is 1. The van der Waals surface area contributed by atoms with Crippen molar-refractivity contribution in [3.8, 4) is 11.8 Å². The van der Waals surface area contributed by atoms with Crippen LogP contribution < -0.4 is 0 Å². The maximum atomic E-state index is 12.5. The van der Waals surface area contributed by atoms with E-state index in [4.69, 9.17) is 5.11 Å². The number of amides is 2. The van der Waals surface area contributed by atoms with Crippen LogP contribution in [0.15, 0.2) is 18.3 Å². The molecule has 110 valence electrons. The molecule has 6 nitrogen and oxygen atoms in total. The molecule has 2 heterocycles. The summed E-state index contributed by atoms with van der Waals surface area (Å²) >= 11 is 0. The lowest BCUT2D eigenvalue weighted by atomic mass is 10.1. The second kappa shape index (κ2) is 6.86. The summed E-state index contributed by atoms with van der Waals surface area (Å²) in [6, 6.07) is 3.41. The lowest BCUT2D eigenvalue weighted by Crippen LogP contribution is -2.50. The zero-order chi connectivity index (χ0) is 15.2. The van der Waals surface area contributed by atoms with E-state index in [1.807, 2.05) is 0 Å². The Balaban J connectivity index is 2.20. The maximum absolute atomic E-state index is 12.5. The van der Waals surface area contributed by atoms with Crippen LogP contribution >= 0.6 is 0 Å². The summed E-state index contributed by atoms with van der Waals surface area (Å²) in [5.41, 5.74) is 0.766. The summed E-state index contributed by atoms with van der Waals surface area (Å²) in [6.07, 6.45) is 1.87. The summed E-state index contributed by atoms with van der Waals surface area (Å²) in [4.78, 5) is 31.4. The highest BCUT2D eigenvalue weighted by atomic mass is 16.2. The monoisotopic (exact) mass is 287 g/mol. The number of aliphatic hydroxyl groups is 1. The smallest absolute Gasteiger partial charge is 0.274 e. The van der Waals surface area contributed by atoms with Crippen LogP contribution in [0.4, 0.5) is 0 Å². The number of carbonyl (C=O) groups is 2. The molecule has 0 aromatic carbocycles. The molecule has 0 bridgehead atoms. The molecule has 1 aliphatic heterocycles. The third-order valence-corrected chi connectivity index (χ3v) is 3.21. The number of hydrogen-bond acceptors (Lipinski definition) is 4. The molecule has 1 aromatic rings. The fraction of sp³-hybridized carbons (Fsp3) is 0.400. The number of nitrogens with zero attached hydrogens (tertiary/aromatic N) is 3. The molecule has 1 N–H and O–H groups in total. The number of pyridine rings is 1. The van der Waals surface area contributed by atoms with Gasteiger partial charge in [-0.3, -0.25) is 9.59 Å². The first kappa shape index (κ1) is 15.0. The second-order valence-electron chi connectivity index (χ2n) is 4.72. The highest BCUT2D eigenvalue weighted by Gasteiger charge is 2.27. The first-order chi connectivity index (χ1) is 10.1. The molecule has 2 amide bonds. The van der Waals surface area contributed by atoms with Crippen molar-refractivity contribution in [1.82, 2.24) is 14.8 Å². The van der Waals surface area contributed by atoms with Gasteiger partial charge in [0.15, 0.2) is 0 Å². The molecular weight excluding hydrogens is 270 g/mol. The highest BCUT2D eigenvalue weighted by Crippen LogP contribution is 2.10. The molecule has 21 heavy (non-hydrogen) atoms. The van der Waals surface area contributed by atoms with Gasteiger partial charge in [-0.25, -0.2) is 4.98 Å². The summed E-state index contributed by atoms with van der Waals surface area (Å²) in [5, 5.41) is 8.75. The van der Waals surface area contributed by atoms with Crippen LogP contribution in [-0.4, -0.2) is 65.0 Å². The molecule has 2 rings (SSSR count). The summed E-state index contributed by atoms with van der Waals surface area (Å²) in [7, 11) is 1.72. The van der Waals surface area contributed by atoms with E-state index >= 15 is 0 Å². The number of carbonyl (C=O) groups excluding carboxylic acids is 2. The lowest BCUT2D eigenvalue weighted by Gasteiger charge is -2.31. The number of rotatable bonds is 2. The molecule has 0 unspecified atom stereocenters. The van der Waals surface area contributed by atoms with Gasteiger partial charge in [-0.1, -0.05) is 11.8 Å². The predicted octanol–water partition coefficient (Wildman–Crippen LogP) is -0.270. The lowest BCUT2D eigenvalue weighted by molar-refractivity contribution is -0.133. The van der Waals surface area contributed by atoms with Crippen molar-refractivity contribution >= 4 is 11.8 Å². The zero-order valence-electron chi connectivity index (χ0n) is 11.9. The Labute approximate surface area is 123 Å². The number of piperazine rings is 1. The van der Waals surface area contributed by atoms with Crippen LogP contribution in [0.25, 0.3) is 0 Å². The van der Waals surface area contributed by atoms with E-state index in [-0.39, 0.29) is 30.7 Å². The molecule has 0 aliphatic carbocycles. The largest absolute Gasteiger partial charge is 0.395 e. The third kappa shape index (κ3) is 3.58. The number of aliphatic hydroxyl groups excluding tert-OH is 1. The van der Waals surface area contributed by atoms with Gasteiger partial charge in [0, 0.05) is 32.8 Å². The van der Waals surface area contributed by atoms with Gasteiger partial charge in [-0.2, -0.15) is 0 Å². The maximum Gasteiger partial charge on any atom is 0.274 e. The molecule has 0 atom stereocenters. The molecule has 0 radical (unpaired) electrons. The Morgan fingerprint density at radius 3 is 3.00 bits per heavy atom. The van der Waals surface area contributed by atoms with Crippen molar-refractivity contribution in [2.24, 2.45) is 0 Å². The standard InChI is InChI=1S/C15H17N3O3/c1-17-8-9-18(11-13(17)20)15(21)14-12(5-2-3-10-19)6-4-7-16-14/h4,6-7,19H,3,8-11H2,1H3. The second-order valence-corrected chi connectivity index (χ2v) is 4.72. The van der Waals surface area contributed by atoms with Gasteiger partial charge in [0.25, 0.3) is 5.91 Å². The first-order valence-corrected chi connectivity index (χ1v) is 6.71. The third-order valence-electron chi connectivity index (χ3n) is 3.21. The van der Waals surface area contributed by atoms with Gasteiger partial charge >= 0.3 is 0 Å². The van der Waals surface area contributed by atoms with Crippen molar-refractivity contribution in [3.63, 3.8) is 0 Å². The SMILES string of the molecule is CN1CCN(C(=O)c2ncccc2C#CCCO)CC1=O. The van der Waals surface area contributed by atoms with Crippen LogP contribution in [0.1, 0.15) is 22.5 Å². The van der Waals surface area contributed by atoms with Crippen LogP contribution in [0.3, 0.4) is 0 Å².